The summed E-state index contributed by atoms with van der Waals surface area (Å²) in [6.45, 7) is 1.74. The molecule has 90 valence electrons. The molecular weight excluding hydrogens is 232 g/mol. The summed E-state index contributed by atoms with van der Waals surface area (Å²) in [5.74, 6) is -1.45. The normalized spacial score (nSPS) is 17.5. The molecule has 0 aromatic rings. The Balaban J connectivity index is 2.50. The molecule has 1 fully saturated rings. The van der Waals surface area contributed by atoms with Crippen LogP contribution in [0.2, 0.25) is 0 Å². The molecule has 0 saturated heterocycles. The molecule has 0 amide bonds. The second-order valence-electron chi connectivity index (χ2n) is 3.63. The van der Waals surface area contributed by atoms with Gasteiger partial charge >= 0.3 is 5.97 Å². The van der Waals surface area contributed by atoms with E-state index in [0.717, 1.165) is 12.8 Å². The highest BCUT2D eigenvalue weighted by molar-refractivity contribution is 7.90. The number of sulfonamides is 1. The molecule has 1 N–H and O–H groups in total. The van der Waals surface area contributed by atoms with E-state index in [1.54, 1.807) is 6.92 Å². The van der Waals surface area contributed by atoms with Gasteiger partial charge in [-0.25, -0.2) is 8.42 Å². The van der Waals surface area contributed by atoms with Crippen molar-refractivity contribution >= 4 is 16.0 Å². The Bertz CT molecular complexity index is 394. The average molecular weight is 246 g/mol. The van der Waals surface area contributed by atoms with Crippen LogP contribution in [0.5, 0.6) is 0 Å². The number of ether oxygens (including phenoxy) is 1. The first kappa shape index (κ1) is 12.9. The highest BCUT2D eigenvalue weighted by atomic mass is 32.2. The Kier molecular flexibility index (Phi) is 4.26. The van der Waals surface area contributed by atoms with Crippen molar-refractivity contribution < 1.29 is 17.9 Å². The van der Waals surface area contributed by atoms with Gasteiger partial charge in [0.1, 0.15) is 6.04 Å². The van der Waals surface area contributed by atoms with Gasteiger partial charge in [0.15, 0.2) is 5.75 Å². The zero-order chi connectivity index (χ0) is 12.2. The minimum atomic E-state index is -3.77. The minimum Gasteiger partial charge on any atom is -0.465 e. The Morgan fingerprint density at radius 3 is 2.69 bits per heavy atom. The van der Waals surface area contributed by atoms with Crippen molar-refractivity contribution in [2.75, 3.05) is 12.4 Å². The molecule has 0 aliphatic heterocycles. The first-order valence-electron chi connectivity index (χ1n) is 5.03. The highest BCUT2D eigenvalue weighted by Gasteiger charge is 2.34. The molecule has 0 bridgehead atoms. The molecule has 0 aromatic carbocycles. The second-order valence-corrected chi connectivity index (χ2v) is 5.38. The summed E-state index contributed by atoms with van der Waals surface area (Å²) < 4.78 is 29.6. The maximum absolute atomic E-state index is 11.5. The van der Waals surface area contributed by atoms with Gasteiger partial charge in [-0.1, -0.05) is 0 Å². The lowest BCUT2D eigenvalue weighted by Gasteiger charge is -2.10. The van der Waals surface area contributed by atoms with E-state index in [1.165, 1.54) is 0 Å². The van der Waals surface area contributed by atoms with E-state index in [-0.39, 0.29) is 12.5 Å². The molecule has 1 rings (SSSR count). The van der Waals surface area contributed by atoms with E-state index in [1.807, 2.05) is 6.07 Å². The number of nitrogens with one attached hydrogen (secondary N) is 1. The van der Waals surface area contributed by atoms with Gasteiger partial charge in [0.05, 0.1) is 12.7 Å². The lowest BCUT2D eigenvalue weighted by molar-refractivity contribution is -0.139. The van der Waals surface area contributed by atoms with Crippen LogP contribution in [0.15, 0.2) is 0 Å². The molecule has 1 unspecified atom stereocenters. The Hall–Kier alpha value is -1.13. The van der Waals surface area contributed by atoms with E-state index < -0.39 is 27.8 Å². The minimum absolute atomic E-state index is 0.0852. The molecule has 0 spiro atoms. The largest absolute Gasteiger partial charge is 0.465 e. The number of carbonyl (C=O) groups excluding carboxylic acids is 1. The standard InChI is InChI=1S/C9H14N2O4S/c1-2-15-9(12)6-16(13,14)11-8(5-10)7-3-4-7/h7-8,11H,2-4,6H2,1H3. The number of rotatable bonds is 6. The summed E-state index contributed by atoms with van der Waals surface area (Å²) in [4.78, 5) is 11.0. The van der Waals surface area contributed by atoms with Crippen molar-refractivity contribution in [3.63, 3.8) is 0 Å². The van der Waals surface area contributed by atoms with Gasteiger partial charge in [0.2, 0.25) is 10.0 Å². The van der Waals surface area contributed by atoms with E-state index in [0.29, 0.717) is 0 Å². The third-order valence-corrected chi connectivity index (χ3v) is 3.38. The zero-order valence-corrected chi connectivity index (χ0v) is 9.79. The lowest BCUT2D eigenvalue weighted by atomic mass is 10.2. The van der Waals surface area contributed by atoms with Crippen LogP contribution in [0.3, 0.4) is 0 Å². The van der Waals surface area contributed by atoms with Crippen LogP contribution in [-0.2, 0) is 19.6 Å². The molecule has 1 aliphatic rings. The number of nitrogens with zero attached hydrogens (tertiary/aromatic N) is 1. The van der Waals surface area contributed by atoms with Crippen LogP contribution < -0.4 is 4.72 Å². The average Bonchev–Trinajstić information content (AvgIpc) is 2.96. The molecule has 0 heterocycles. The van der Waals surface area contributed by atoms with Crippen molar-refractivity contribution in [3.8, 4) is 6.07 Å². The van der Waals surface area contributed by atoms with Crippen LogP contribution in [0.4, 0.5) is 0 Å². The molecule has 6 nitrogen and oxygen atoms in total. The van der Waals surface area contributed by atoms with Crippen LogP contribution in [-0.4, -0.2) is 32.8 Å². The summed E-state index contributed by atoms with van der Waals surface area (Å²) in [5, 5.41) is 8.74. The van der Waals surface area contributed by atoms with Gasteiger partial charge in [-0.2, -0.15) is 9.98 Å². The maximum Gasteiger partial charge on any atom is 0.322 e. The number of hydrogen-bond acceptors (Lipinski definition) is 5. The van der Waals surface area contributed by atoms with Crippen molar-refractivity contribution in [2.45, 2.75) is 25.8 Å². The van der Waals surface area contributed by atoms with Crippen molar-refractivity contribution in [3.05, 3.63) is 0 Å². The van der Waals surface area contributed by atoms with E-state index in [4.69, 9.17) is 5.26 Å². The summed E-state index contributed by atoms with van der Waals surface area (Å²) >= 11 is 0. The Labute approximate surface area is 94.6 Å². The molecular formula is C9H14N2O4S. The van der Waals surface area contributed by atoms with E-state index in [9.17, 15) is 13.2 Å². The van der Waals surface area contributed by atoms with Crippen LogP contribution >= 0.6 is 0 Å². The topological polar surface area (TPSA) is 96.3 Å². The first-order valence-corrected chi connectivity index (χ1v) is 6.69. The third kappa shape index (κ3) is 4.16. The van der Waals surface area contributed by atoms with Gasteiger partial charge < -0.3 is 4.74 Å². The lowest BCUT2D eigenvalue weighted by Crippen LogP contribution is -2.39. The van der Waals surface area contributed by atoms with Crippen LogP contribution in [0, 0.1) is 17.2 Å². The maximum atomic E-state index is 11.5. The summed E-state index contributed by atoms with van der Waals surface area (Å²) in [6.07, 6.45) is 1.69. The van der Waals surface area contributed by atoms with Gasteiger partial charge in [-0.15, -0.1) is 0 Å². The number of carbonyl (C=O) groups is 1. The summed E-state index contributed by atoms with van der Waals surface area (Å²) in [6, 6.07) is 1.16. The van der Waals surface area contributed by atoms with Crippen molar-refractivity contribution in [1.29, 1.82) is 5.26 Å². The monoisotopic (exact) mass is 246 g/mol. The predicted molar refractivity (Wildman–Crippen MR) is 55.7 cm³/mol. The van der Waals surface area contributed by atoms with Crippen LogP contribution in [0.1, 0.15) is 19.8 Å². The molecule has 0 aromatic heterocycles. The molecule has 1 aliphatic carbocycles. The van der Waals surface area contributed by atoms with Crippen molar-refractivity contribution in [2.24, 2.45) is 5.92 Å². The van der Waals surface area contributed by atoms with Gasteiger partial charge in [-0.3, -0.25) is 4.79 Å². The van der Waals surface area contributed by atoms with Crippen molar-refractivity contribution in [1.82, 2.24) is 4.72 Å². The fraction of sp³-hybridized carbons (Fsp3) is 0.778. The molecule has 1 atom stereocenters. The number of hydrogen-bond donors (Lipinski definition) is 1. The van der Waals surface area contributed by atoms with E-state index in [2.05, 4.69) is 9.46 Å². The number of esters is 1. The number of nitriles is 1. The predicted octanol–water partition coefficient (Wildman–Crippen LogP) is -0.229. The molecule has 7 heteroatoms. The zero-order valence-electron chi connectivity index (χ0n) is 8.97. The smallest absolute Gasteiger partial charge is 0.322 e. The first-order chi connectivity index (χ1) is 7.48. The second kappa shape index (κ2) is 5.27. The third-order valence-electron chi connectivity index (χ3n) is 2.15. The molecule has 16 heavy (non-hydrogen) atoms. The molecule has 0 radical (unpaired) electrons. The van der Waals surface area contributed by atoms with Gasteiger partial charge in [0, 0.05) is 0 Å². The molecule has 1 saturated carbocycles. The quantitative estimate of drug-likeness (QED) is 0.653. The fourth-order valence-electron chi connectivity index (χ4n) is 1.25. The van der Waals surface area contributed by atoms with E-state index >= 15 is 0 Å². The summed E-state index contributed by atoms with van der Waals surface area (Å²) in [5.41, 5.74) is 0. The SMILES string of the molecule is CCOC(=O)CS(=O)(=O)NC(C#N)C1CC1. The van der Waals surface area contributed by atoms with Gasteiger partial charge in [0.25, 0.3) is 0 Å². The highest BCUT2D eigenvalue weighted by Crippen LogP contribution is 2.32. The Morgan fingerprint density at radius 2 is 2.25 bits per heavy atom. The summed E-state index contributed by atoms with van der Waals surface area (Å²) in [7, 11) is -3.77. The van der Waals surface area contributed by atoms with Crippen LogP contribution in [0.25, 0.3) is 0 Å². The Morgan fingerprint density at radius 1 is 1.62 bits per heavy atom. The van der Waals surface area contributed by atoms with Gasteiger partial charge in [-0.05, 0) is 25.7 Å². The fourth-order valence-corrected chi connectivity index (χ4v) is 2.36.